The Bertz CT molecular complexity index is 1150. The lowest BCUT2D eigenvalue weighted by atomic mass is 10.2. The van der Waals surface area contributed by atoms with Crippen molar-refractivity contribution in [2.45, 2.75) is 11.3 Å². The molecular weight excluding hydrogens is 414 g/mol. The van der Waals surface area contributed by atoms with Gasteiger partial charge in [-0.1, -0.05) is 6.07 Å². The van der Waals surface area contributed by atoms with Crippen molar-refractivity contribution in [2.24, 2.45) is 0 Å². The minimum atomic E-state index is -3.69. The number of hydrogen-bond donors (Lipinski definition) is 0. The van der Waals surface area contributed by atoms with E-state index in [0.29, 0.717) is 36.5 Å². The zero-order chi connectivity index (χ0) is 19.7. The van der Waals surface area contributed by atoms with Crippen molar-refractivity contribution in [1.29, 1.82) is 5.26 Å². The molecule has 0 aliphatic carbocycles. The number of nitriles is 1. The van der Waals surface area contributed by atoms with Crippen LogP contribution in [0.1, 0.15) is 21.7 Å². The zero-order valence-electron chi connectivity index (χ0n) is 14.9. The number of sulfonamides is 1. The van der Waals surface area contributed by atoms with E-state index in [-0.39, 0.29) is 17.3 Å². The van der Waals surface area contributed by atoms with E-state index in [0.717, 1.165) is 9.40 Å². The fourth-order valence-corrected chi connectivity index (χ4v) is 6.83. The van der Waals surface area contributed by atoms with Crippen LogP contribution in [0.15, 0.2) is 46.7 Å². The number of carbonyl (C=O) groups excluding carboxylic acids is 1. The van der Waals surface area contributed by atoms with Crippen molar-refractivity contribution in [3.05, 3.63) is 52.2 Å². The van der Waals surface area contributed by atoms with Crippen LogP contribution in [-0.2, 0) is 10.0 Å². The molecule has 9 heteroatoms. The Morgan fingerprint density at radius 1 is 1.07 bits per heavy atom. The van der Waals surface area contributed by atoms with Crippen LogP contribution in [0.4, 0.5) is 0 Å². The first-order valence-electron chi connectivity index (χ1n) is 8.76. The number of nitrogens with zero attached hydrogens (tertiary/aromatic N) is 3. The standard InChI is InChI=1S/C19H17N3O3S3/c20-13-14-3-1-4-15(11-14)28(24,25)22-7-2-6-21(8-9-22)19(23)18-12-17-16(27-18)5-10-26-17/h1,3-5,10-12H,2,6-9H2. The lowest BCUT2D eigenvalue weighted by molar-refractivity contribution is 0.0769. The fourth-order valence-electron chi connectivity index (χ4n) is 3.24. The second-order valence-corrected chi connectivity index (χ2v) is 10.4. The van der Waals surface area contributed by atoms with Crippen molar-refractivity contribution < 1.29 is 13.2 Å². The van der Waals surface area contributed by atoms with Crippen LogP contribution in [0, 0.1) is 11.3 Å². The summed E-state index contributed by atoms with van der Waals surface area (Å²) in [6.07, 6.45) is 0.572. The second-order valence-electron chi connectivity index (χ2n) is 6.45. The van der Waals surface area contributed by atoms with Crippen LogP contribution in [0.25, 0.3) is 9.40 Å². The summed E-state index contributed by atoms with van der Waals surface area (Å²) in [7, 11) is -3.69. The van der Waals surface area contributed by atoms with Gasteiger partial charge in [-0.3, -0.25) is 4.79 Å². The van der Waals surface area contributed by atoms with Gasteiger partial charge in [0.1, 0.15) is 0 Å². The number of rotatable bonds is 3. The van der Waals surface area contributed by atoms with Gasteiger partial charge in [0, 0.05) is 35.6 Å². The summed E-state index contributed by atoms with van der Waals surface area (Å²) in [6, 6.07) is 11.9. The summed E-state index contributed by atoms with van der Waals surface area (Å²) in [5.41, 5.74) is 0.311. The highest BCUT2D eigenvalue weighted by molar-refractivity contribution is 7.89. The molecule has 1 saturated heterocycles. The zero-order valence-corrected chi connectivity index (χ0v) is 17.3. The van der Waals surface area contributed by atoms with Crippen molar-refractivity contribution in [3.8, 4) is 6.07 Å². The largest absolute Gasteiger partial charge is 0.337 e. The van der Waals surface area contributed by atoms with Gasteiger partial charge in [-0.05, 0) is 42.1 Å². The SMILES string of the molecule is N#Cc1cccc(S(=O)(=O)N2CCCN(C(=O)c3cc4sccc4s3)CC2)c1. The summed E-state index contributed by atoms with van der Waals surface area (Å²) in [4.78, 5) is 15.4. The van der Waals surface area contributed by atoms with Crippen molar-refractivity contribution in [2.75, 3.05) is 26.2 Å². The van der Waals surface area contributed by atoms with Gasteiger partial charge in [0.25, 0.3) is 5.91 Å². The van der Waals surface area contributed by atoms with Gasteiger partial charge in [-0.15, -0.1) is 22.7 Å². The van der Waals surface area contributed by atoms with Gasteiger partial charge in [0.05, 0.1) is 21.4 Å². The predicted octanol–water partition coefficient (Wildman–Crippen LogP) is 3.37. The molecule has 144 valence electrons. The Balaban J connectivity index is 1.50. The van der Waals surface area contributed by atoms with E-state index in [2.05, 4.69) is 0 Å². The average Bonchev–Trinajstić information content (AvgIpc) is 3.21. The highest BCUT2D eigenvalue weighted by Gasteiger charge is 2.29. The molecule has 28 heavy (non-hydrogen) atoms. The Kier molecular flexibility index (Phi) is 5.21. The monoisotopic (exact) mass is 431 g/mol. The second kappa shape index (κ2) is 7.64. The Morgan fingerprint density at radius 3 is 2.71 bits per heavy atom. The fraction of sp³-hybridized carbons (Fsp3) is 0.263. The normalized spacial score (nSPS) is 16.0. The molecule has 0 atom stereocenters. The number of amides is 1. The van der Waals surface area contributed by atoms with E-state index < -0.39 is 10.0 Å². The number of thiophene rings is 2. The number of fused-ring (bicyclic) bond motifs is 1. The van der Waals surface area contributed by atoms with Crippen LogP contribution in [0.2, 0.25) is 0 Å². The Hall–Kier alpha value is -2.25. The summed E-state index contributed by atoms with van der Waals surface area (Å²) in [6.45, 7) is 1.46. The van der Waals surface area contributed by atoms with Crippen LogP contribution in [0.5, 0.6) is 0 Å². The van der Waals surface area contributed by atoms with E-state index in [1.54, 1.807) is 28.4 Å². The molecule has 4 rings (SSSR count). The molecular formula is C19H17N3O3S3. The first-order chi connectivity index (χ1) is 13.5. The lowest BCUT2D eigenvalue weighted by Crippen LogP contribution is -2.37. The van der Waals surface area contributed by atoms with E-state index in [4.69, 9.17) is 5.26 Å². The van der Waals surface area contributed by atoms with Gasteiger partial charge in [-0.25, -0.2) is 8.42 Å². The van der Waals surface area contributed by atoms with Crippen LogP contribution in [-0.4, -0.2) is 49.7 Å². The third-order valence-electron chi connectivity index (χ3n) is 4.69. The molecule has 1 amide bonds. The molecule has 0 unspecified atom stereocenters. The molecule has 0 radical (unpaired) electrons. The molecule has 0 N–H and O–H groups in total. The molecule has 3 heterocycles. The average molecular weight is 432 g/mol. The van der Waals surface area contributed by atoms with Crippen molar-refractivity contribution in [1.82, 2.24) is 9.21 Å². The number of benzene rings is 1. The van der Waals surface area contributed by atoms with Gasteiger partial charge in [0.15, 0.2) is 0 Å². The lowest BCUT2D eigenvalue weighted by Gasteiger charge is -2.21. The summed E-state index contributed by atoms with van der Waals surface area (Å²) >= 11 is 3.09. The molecule has 0 saturated carbocycles. The minimum absolute atomic E-state index is 0.0425. The first kappa shape index (κ1) is 19.1. The van der Waals surface area contributed by atoms with E-state index in [1.165, 1.54) is 27.8 Å². The predicted molar refractivity (Wildman–Crippen MR) is 110 cm³/mol. The summed E-state index contributed by atoms with van der Waals surface area (Å²) < 4.78 is 29.5. The Morgan fingerprint density at radius 2 is 1.93 bits per heavy atom. The topological polar surface area (TPSA) is 81.5 Å². The third kappa shape index (κ3) is 3.56. The highest BCUT2D eigenvalue weighted by Crippen LogP contribution is 2.31. The molecule has 1 aromatic carbocycles. The molecule has 1 aliphatic rings. The van der Waals surface area contributed by atoms with Gasteiger partial charge in [-0.2, -0.15) is 9.57 Å². The number of carbonyl (C=O) groups is 1. The van der Waals surface area contributed by atoms with Crippen LogP contribution < -0.4 is 0 Å². The molecule has 1 aliphatic heterocycles. The minimum Gasteiger partial charge on any atom is -0.337 e. The van der Waals surface area contributed by atoms with E-state index in [9.17, 15) is 13.2 Å². The molecule has 0 spiro atoms. The molecule has 1 fully saturated rings. The maximum Gasteiger partial charge on any atom is 0.264 e. The van der Waals surface area contributed by atoms with E-state index >= 15 is 0 Å². The van der Waals surface area contributed by atoms with Gasteiger partial charge >= 0.3 is 0 Å². The molecule has 2 aromatic heterocycles. The van der Waals surface area contributed by atoms with Crippen molar-refractivity contribution in [3.63, 3.8) is 0 Å². The van der Waals surface area contributed by atoms with E-state index in [1.807, 2.05) is 23.6 Å². The summed E-state index contributed by atoms with van der Waals surface area (Å²) in [5, 5.41) is 11.0. The molecule has 0 bridgehead atoms. The van der Waals surface area contributed by atoms with Crippen LogP contribution in [0.3, 0.4) is 0 Å². The van der Waals surface area contributed by atoms with Crippen molar-refractivity contribution >= 4 is 48.0 Å². The Labute approximate surface area is 171 Å². The summed E-state index contributed by atoms with van der Waals surface area (Å²) in [5.74, 6) is -0.0425. The quantitative estimate of drug-likeness (QED) is 0.637. The maximum atomic E-state index is 13.0. The van der Waals surface area contributed by atoms with Crippen LogP contribution >= 0.6 is 22.7 Å². The molecule has 3 aromatic rings. The first-order valence-corrected chi connectivity index (χ1v) is 11.9. The smallest absolute Gasteiger partial charge is 0.264 e. The molecule has 6 nitrogen and oxygen atoms in total. The van der Waals surface area contributed by atoms with Gasteiger partial charge < -0.3 is 4.90 Å². The highest BCUT2D eigenvalue weighted by atomic mass is 32.2. The third-order valence-corrected chi connectivity index (χ3v) is 8.67. The maximum absolute atomic E-state index is 13.0. The number of hydrogen-bond acceptors (Lipinski definition) is 6. The van der Waals surface area contributed by atoms with Gasteiger partial charge in [0.2, 0.25) is 10.0 Å².